The summed E-state index contributed by atoms with van der Waals surface area (Å²) in [5, 5.41) is 10.4. The third kappa shape index (κ3) is 3.33. The molecule has 0 unspecified atom stereocenters. The Bertz CT molecular complexity index is 962. The van der Waals surface area contributed by atoms with E-state index < -0.39 is 22.6 Å². The van der Waals surface area contributed by atoms with Crippen LogP contribution in [0.25, 0.3) is 0 Å². The summed E-state index contributed by atoms with van der Waals surface area (Å²) in [4.78, 5) is 43.0. The fourth-order valence-electron chi connectivity index (χ4n) is 2.77. The first-order valence-electron chi connectivity index (χ1n) is 8.36. The molecule has 3 heterocycles. The summed E-state index contributed by atoms with van der Waals surface area (Å²) in [5.41, 5.74) is 0.974. The minimum atomic E-state index is -1.96. The van der Waals surface area contributed by atoms with E-state index in [0.29, 0.717) is 22.3 Å². The van der Waals surface area contributed by atoms with Gasteiger partial charge in [0.2, 0.25) is 6.79 Å². The molecule has 144 valence electrons. The third-order valence-electron chi connectivity index (χ3n) is 4.25. The Kier molecular flexibility index (Phi) is 4.75. The molecule has 10 heteroatoms. The molecule has 0 saturated carbocycles. The average Bonchev–Trinajstić information content (AvgIpc) is 3.26. The molecular weight excluding hydrogens is 388 g/mol. The Balaban J connectivity index is 1.50. The predicted molar refractivity (Wildman–Crippen MR) is 93.1 cm³/mol. The van der Waals surface area contributed by atoms with Crippen molar-refractivity contribution in [2.24, 2.45) is 0 Å². The van der Waals surface area contributed by atoms with E-state index >= 15 is 0 Å². The van der Waals surface area contributed by atoms with Crippen LogP contribution in [0, 0.1) is 0 Å². The lowest BCUT2D eigenvalue weighted by Gasteiger charge is -2.16. The van der Waals surface area contributed by atoms with Crippen LogP contribution in [0.2, 0.25) is 0 Å². The lowest BCUT2D eigenvalue weighted by atomic mass is 10.2. The molecule has 0 atom stereocenters. The number of imide groups is 1. The van der Waals surface area contributed by atoms with Gasteiger partial charge in [-0.25, -0.2) is 24.2 Å². The number of ether oxygens (including phenoxy) is 2. The molecule has 2 aliphatic heterocycles. The van der Waals surface area contributed by atoms with Gasteiger partial charge in [0.05, 0.1) is 18.4 Å². The van der Waals surface area contributed by atoms with Crippen molar-refractivity contribution in [2.45, 2.75) is 23.6 Å². The van der Waals surface area contributed by atoms with Crippen LogP contribution in [0.3, 0.4) is 0 Å². The van der Waals surface area contributed by atoms with E-state index in [-0.39, 0.29) is 25.2 Å². The molecular formula is C18H15N2O7S+. The van der Waals surface area contributed by atoms with Crippen molar-refractivity contribution >= 4 is 29.5 Å². The molecule has 2 aliphatic rings. The zero-order valence-corrected chi connectivity index (χ0v) is 15.3. The molecule has 4 rings (SSSR count). The van der Waals surface area contributed by atoms with Crippen LogP contribution in [-0.4, -0.2) is 39.6 Å². The average molecular weight is 403 g/mol. The van der Waals surface area contributed by atoms with Crippen molar-refractivity contribution in [3.05, 3.63) is 47.7 Å². The first-order chi connectivity index (χ1) is 13.5. The summed E-state index contributed by atoms with van der Waals surface area (Å²) < 4.78 is 10.6. The normalized spacial score (nSPS) is 17.0. The van der Waals surface area contributed by atoms with Crippen molar-refractivity contribution in [3.63, 3.8) is 0 Å². The summed E-state index contributed by atoms with van der Waals surface area (Å²) in [5.74, 6) is -0.962. The van der Waals surface area contributed by atoms with E-state index in [0.717, 1.165) is 5.56 Å². The number of carbonyl (C=O) groups excluding carboxylic acids is 3. The van der Waals surface area contributed by atoms with Gasteiger partial charge in [-0.1, -0.05) is 6.07 Å². The summed E-state index contributed by atoms with van der Waals surface area (Å²) in [6.45, 7) is 0.181. The van der Waals surface area contributed by atoms with E-state index in [4.69, 9.17) is 14.3 Å². The van der Waals surface area contributed by atoms with E-state index in [9.17, 15) is 19.6 Å². The van der Waals surface area contributed by atoms with Gasteiger partial charge < -0.3 is 9.47 Å². The maximum atomic E-state index is 12.5. The predicted octanol–water partition coefficient (Wildman–Crippen LogP) is 2.23. The molecule has 28 heavy (non-hydrogen) atoms. The number of rotatable bonds is 5. The fourth-order valence-corrected chi connectivity index (χ4v) is 3.70. The maximum Gasteiger partial charge on any atom is 0.406 e. The number of hydroxylamine groups is 4. The number of aromatic nitrogens is 1. The van der Waals surface area contributed by atoms with Crippen LogP contribution in [0.1, 0.15) is 28.8 Å². The molecule has 0 radical (unpaired) electrons. The molecule has 1 N–H and O–H groups in total. The second kappa shape index (κ2) is 7.23. The highest BCUT2D eigenvalue weighted by atomic mass is 32.2. The number of amides is 2. The minimum Gasteiger partial charge on any atom is -0.454 e. The first-order valence-corrected chi connectivity index (χ1v) is 9.35. The van der Waals surface area contributed by atoms with Gasteiger partial charge in [-0.3, -0.25) is 0 Å². The second-order valence-electron chi connectivity index (χ2n) is 6.07. The van der Waals surface area contributed by atoms with Crippen molar-refractivity contribution in [1.82, 2.24) is 4.98 Å². The van der Waals surface area contributed by atoms with Gasteiger partial charge in [-0.15, -0.1) is 11.8 Å². The molecule has 2 amide bonds. The highest BCUT2D eigenvalue weighted by molar-refractivity contribution is 7.98. The fraction of sp³-hybridized carbons (Fsp3) is 0.222. The number of hydrogen-bond acceptors (Lipinski definition) is 9. The minimum absolute atomic E-state index is 0.0484. The largest absolute Gasteiger partial charge is 0.454 e. The van der Waals surface area contributed by atoms with Crippen LogP contribution in [0.4, 0.5) is 0 Å². The van der Waals surface area contributed by atoms with Crippen molar-refractivity contribution in [3.8, 4) is 11.5 Å². The third-order valence-corrected chi connectivity index (χ3v) is 5.32. The number of benzene rings is 1. The topological polar surface area (TPSA) is 112 Å². The lowest BCUT2D eigenvalue weighted by molar-refractivity contribution is -1.12. The zero-order chi connectivity index (χ0) is 19.7. The Labute approximate surface area is 163 Å². The van der Waals surface area contributed by atoms with Gasteiger partial charge in [0.25, 0.3) is 0 Å². The van der Waals surface area contributed by atoms with E-state index in [1.54, 1.807) is 6.07 Å². The molecule has 0 spiro atoms. The van der Waals surface area contributed by atoms with Gasteiger partial charge in [0.15, 0.2) is 11.5 Å². The number of fused-ring (bicyclic) bond motifs is 1. The number of pyridine rings is 1. The van der Waals surface area contributed by atoms with Crippen LogP contribution in [-0.2, 0) is 20.2 Å². The number of hydrogen-bond donors (Lipinski definition) is 1. The van der Waals surface area contributed by atoms with Crippen LogP contribution < -0.4 is 9.47 Å². The Morgan fingerprint density at radius 1 is 1.18 bits per heavy atom. The van der Waals surface area contributed by atoms with Gasteiger partial charge in [0, 0.05) is 11.9 Å². The van der Waals surface area contributed by atoms with Crippen LogP contribution in [0.5, 0.6) is 11.5 Å². The van der Waals surface area contributed by atoms with Crippen LogP contribution in [0.15, 0.2) is 41.6 Å². The number of carbonyl (C=O) groups is 3. The molecule has 0 aliphatic carbocycles. The molecule has 1 saturated heterocycles. The van der Waals surface area contributed by atoms with Crippen molar-refractivity contribution in [2.75, 3.05) is 6.79 Å². The van der Waals surface area contributed by atoms with E-state index in [1.165, 1.54) is 30.1 Å². The van der Waals surface area contributed by atoms with E-state index in [1.807, 2.05) is 12.1 Å². The van der Waals surface area contributed by atoms with Crippen molar-refractivity contribution in [1.29, 1.82) is 0 Å². The highest BCUT2D eigenvalue weighted by Crippen LogP contribution is 2.34. The quantitative estimate of drug-likeness (QED) is 0.347. The Morgan fingerprint density at radius 2 is 1.93 bits per heavy atom. The molecule has 2 aromatic rings. The standard InChI is InChI=1S/C18H15N2O7S/c21-15-5-6-16(22)20(15,24)27-18(23)12-2-1-7-19-17(12)28-9-11-3-4-13-14(8-11)26-10-25-13/h1-4,7-8,24H,5-6,9-10H2/q+1. The van der Waals surface area contributed by atoms with Gasteiger partial charge >= 0.3 is 17.8 Å². The maximum absolute atomic E-state index is 12.5. The van der Waals surface area contributed by atoms with E-state index in [2.05, 4.69) is 4.98 Å². The molecule has 9 nitrogen and oxygen atoms in total. The molecule has 1 fully saturated rings. The van der Waals surface area contributed by atoms with Crippen molar-refractivity contribution < 1.29 is 38.7 Å². The number of nitrogens with zero attached hydrogens (tertiary/aromatic N) is 2. The number of thioether (sulfide) groups is 1. The van der Waals surface area contributed by atoms with Gasteiger partial charge in [0.1, 0.15) is 9.84 Å². The Morgan fingerprint density at radius 3 is 2.71 bits per heavy atom. The summed E-state index contributed by atoms with van der Waals surface area (Å²) in [7, 11) is 0. The Hall–Kier alpha value is -2.95. The zero-order valence-electron chi connectivity index (χ0n) is 14.5. The summed E-state index contributed by atoms with van der Waals surface area (Å²) >= 11 is 1.27. The number of quaternary nitrogens is 1. The highest BCUT2D eigenvalue weighted by Gasteiger charge is 2.55. The monoisotopic (exact) mass is 403 g/mol. The van der Waals surface area contributed by atoms with Gasteiger partial charge in [-0.05, 0) is 29.8 Å². The molecule has 1 aromatic heterocycles. The molecule has 0 bridgehead atoms. The van der Waals surface area contributed by atoms with Gasteiger partial charge in [-0.2, -0.15) is 5.21 Å². The second-order valence-corrected chi connectivity index (χ2v) is 7.04. The van der Waals surface area contributed by atoms with Crippen LogP contribution >= 0.6 is 11.8 Å². The lowest BCUT2D eigenvalue weighted by Crippen LogP contribution is -2.50. The summed E-state index contributed by atoms with van der Waals surface area (Å²) in [6, 6.07) is 8.49. The SMILES string of the molecule is O=C(O[N+]1(O)C(=O)CCC1=O)c1cccnc1SCc1ccc2c(c1)OCO2. The summed E-state index contributed by atoms with van der Waals surface area (Å²) in [6.07, 6.45) is 1.15. The first kappa shape index (κ1) is 18.4. The molecule has 1 aromatic carbocycles. The smallest absolute Gasteiger partial charge is 0.406 e.